The molecule has 0 aromatic carbocycles. The van der Waals surface area contributed by atoms with Crippen LogP contribution < -0.4 is 0 Å². The smallest absolute Gasteiger partial charge is 0.147 e. The molecule has 4 heteroatoms. The van der Waals surface area contributed by atoms with Gasteiger partial charge >= 0.3 is 23.1 Å². The van der Waals surface area contributed by atoms with Crippen molar-refractivity contribution in [3.8, 4) is 0 Å². The van der Waals surface area contributed by atoms with Crippen LogP contribution in [0, 0.1) is 0 Å². The fourth-order valence-electron chi connectivity index (χ4n) is 0. The van der Waals surface area contributed by atoms with Gasteiger partial charge in [-0.05, 0) is 0 Å². The van der Waals surface area contributed by atoms with Gasteiger partial charge in [0.25, 0.3) is 0 Å². The molecule has 0 atom stereocenters. The maximum absolute atomic E-state index is 0. The Morgan fingerprint density at radius 2 is 0.750 bits per heavy atom. The van der Waals surface area contributed by atoms with Gasteiger partial charge in [0.2, 0.25) is 0 Å². The van der Waals surface area contributed by atoms with Crippen LogP contribution in [0.5, 0.6) is 0 Å². The van der Waals surface area contributed by atoms with Gasteiger partial charge in [0, 0.05) is 17.1 Å². The second-order valence-electron chi connectivity index (χ2n) is 0. The molecule has 0 aromatic heterocycles. The second-order valence-corrected chi connectivity index (χ2v) is 0. The quantitative estimate of drug-likeness (QED) is 0.438. The van der Waals surface area contributed by atoms with Crippen LogP contribution in [-0.4, -0.2) is 23.1 Å². The van der Waals surface area contributed by atoms with Crippen LogP contribution in [0.4, 0.5) is 0 Å². The summed E-state index contributed by atoms with van der Waals surface area (Å²) in [6.45, 7) is 0. The molecular weight excluding hydrogens is 159 g/mol. The summed E-state index contributed by atoms with van der Waals surface area (Å²) >= 11 is 0. The molecule has 0 aliphatic heterocycles. The van der Waals surface area contributed by atoms with E-state index in [2.05, 4.69) is 0 Å². The van der Waals surface area contributed by atoms with Crippen molar-refractivity contribution < 1.29 is 17.1 Å². The molecule has 0 aliphatic rings. The minimum Gasteiger partial charge on any atom is -0.147 e. The van der Waals surface area contributed by atoms with Crippen molar-refractivity contribution in [2.75, 3.05) is 0 Å². The topological polar surface area (TPSA) is 0 Å². The third-order valence-electron chi connectivity index (χ3n) is 0. The van der Waals surface area contributed by atoms with Crippen molar-refractivity contribution in [1.82, 2.24) is 0 Å². The predicted molar refractivity (Wildman–Crippen MR) is 23.0 cm³/mol. The largest absolute Gasteiger partial charge is 0.316 e. The molecule has 0 aromatic rings. The molecule has 31 valence electrons. The van der Waals surface area contributed by atoms with E-state index in [1.54, 1.807) is 0 Å². The van der Waals surface area contributed by atoms with Gasteiger partial charge in [-0.15, -0.1) is 24.8 Å². The summed E-state index contributed by atoms with van der Waals surface area (Å²) in [4.78, 5) is 0. The first-order valence-electron chi connectivity index (χ1n) is 0. The molecule has 0 rings (SSSR count). The first-order chi connectivity index (χ1) is 0. The zero-order chi connectivity index (χ0) is 0. The zero-order valence-electron chi connectivity index (χ0n) is 1.12. The minimum atomic E-state index is 0. The van der Waals surface area contributed by atoms with Gasteiger partial charge in [-0.1, -0.05) is 0 Å². The van der Waals surface area contributed by atoms with Gasteiger partial charge in [-0.2, -0.15) is 0 Å². The van der Waals surface area contributed by atoms with E-state index < -0.39 is 0 Å². The van der Waals surface area contributed by atoms with Gasteiger partial charge in [-0.25, -0.2) is 0 Å². The molecule has 0 N–H and O–H groups in total. The molecule has 4 heavy (non-hydrogen) atoms. The summed E-state index contributed by atoms with van der Waals surface area (Å²) in [6, 6.07) is 0. The fourth-order valence-corrected chi connectivity index (χ4v) is 0. The SMILES string of the molecule is Cl.Cl.[Cu].[MgH2]. The molecule has 0 bridgehead atoms. The van der Waals surface area contributed by atoms with Crippen LogP contribution in [0.2, 0.25) is 0 Å². The summed E-state index contributed by atoms with van der Waals surface area (Å²) in [7, 11) is 0. The maximum atomic E-state index is 0. The van der Waals surface area contributed by atoms with E-state index in [0.717, 1.165) is 0 Å². The molecule has 0 saturated carbocycles. The Morgan fingerprint density at radius 3 is 0.750 bits per heavy atom. The van der Waals surface area contributed by atoms with Crippen LogP contribution >= 0.6 is 24.8 Å². The number of hydrogen-bond acceptors (Lipinski definition) is 0. The molecule has 1 radical (unpaired) electrons. The molecule has 0 aliphatic carbocycles. The van der Waals surface area contributed by atoms with E-state index in [-0.39, 0.29) is 64.9 Å². The van der Waals surface area contributed by atoms with E-state index in [0.29, 0.717) is 0 Å². The van der Waals surface area contributed by atoms with Gasteiger partial charge in [0.1, 0.15) is 0 Å². The van der Waals surface area contributed by atoms with E-state index in [9.17, 15) is 0 Å². The molecule has 0 nitrogen and oxygen atoms in total. The van der Waals surface area contributed by atoms with Gasteiger partial charge in [0.05, 0.1) is 0 Å². The average Bonchev–Trinajstić information content (AvgIpc) is 0. The van der Waals surface area contributed by atoms with E-state index >= 15 is 0 Å². The summed E-state index contributed by atoms with van der Waals surface area (Å²) in [5, 5.41) is 0. The van der Waals surface area contributed by atoms with Crippen LogP contribution in [0.3, 0.4) is 0 Å². The van der Waals surface area contributed by atoms with Crippen LogP contribution in [0.25, 0.3) is 0 Å². The number of hydrogen-bond donors (Lipinski definition) is 0. The third kappa shape index (κ3) is 9.12. The van der Waals surface area contributed by atoms with Gasteiger partial charge < -0.3 is 0 Å². The van der Waals surface area contributed by atoms with E-state index in [1.807, 2.05) is 0 Å². The minimum absolute atomic E-state index is 0. The summed E-state index contributed by atoms with van der Waals surface area (Å²) in [5.41, 5.74) is 0. The monoisotopic (exact) mass is 161 g/mol. The Kier molecular flexibility index (Phi) is 208. The standard InChI is InChI=1S/2ClH.Cu.Mg.2H/h2*1H;;;;. The van der Waals surface area contributed by atoms with E-state index in [1.165, 1.54) is 0 Å². The second kappa shape index (κ2) is 20.9. The average molecular weight is 163 g/mol. The Bertz CT molecular complexity index is 6.00. The number of halogens is 2. The van der Waals surface area contributed by atoms with Crippen LogP contribution in [-0.2, 0) is 17.1 Å². The molecule has 0 fully saturated rings. The summed E-state index contributed by atoms with van der Waals surface area (Å²) in [6.07, 6.45) is 0. The van der Waals surface area contributed by atoms with Crippen LogP contribution in [0.15, 0.2) is 0 Å². The normalized spacial score (nSPS) is 0. The summed E-state index contributed by atoms with van der Waals surface area (Å²) in [5.74, 6) is 0. The molecule has 0 spiro atoms. The van der Waals surface area contributed by atoms with Crippen molar-refractivity contribution in [2.24, 2.45) is 0 Å². The molecule has 0 unspecified atom stereocenters. The van der Waals surface area contributed by atoms with Crippen molar-refractivity contribution in [2.45, 2.75) is 0 Å². The van der Waals surface area contributed by atoms with Gasteiger partial charge in [0.15, 0.2) is 0 Å². The van der Waals surface area contributed by atoms with E-state index in [4.69, 9.17) is 0 Å². The Morgan fingerprint density at radius 1 is 0.750 bits per heavy atom. The van der Waals surface area contributed by atoms with Crippen molar-refractivity contribution in [3.63, 3.8) is 0 Å². The Labute approximate surface area is 64.5 Å². The number of rotatable bonds is 0. The van der Waals surface area contributed by atoms with Crippen LogP contribution in [0.1, 0.15) is 0 Å². The first kappa shape index (κ1) is 39.9. The Balaban J connectivity index is 0. The molecule has 0 amide bonds. The zero-order valence-corrected chi connectivity index (χ0v) is 3.69. The third-order valence-corrected chi connectivity index (χ3v) is 0. The fraction of sp³-hybridized carbons (Fsp3) is 0. The molecular formula is H4Cl2CuMg. The van der Waals surface area contributed by atoms with Crippen molar-refractivity contribution in [3.05, 3.63) is 0 Å². The maximum Gasteiger partial charge on any atom is 0.316 e. The predicted octanol–water partition coefficient (Wildman–Crippen LogP) is -0.0751. The van der Waals surface area contributed by atoms with Crippen molar-refractivity contribution >= 4 is 47.9 Å². The van der Waals surface area contributed by atoms with Gasteiger partial charge in [-0.3, -0.25) is 0 Å². The summed E-state index contributed by atoms with van der Waals surface area (Å²) < 4.78 is 0. The first-order valence-corrected chi connectivity index (χ1v) is 0. The Hall–Kier alpha value is 1.87. The molecule has 0 heterocycles. The molecule has 0 saturated heterocycles. The van der Waals surface area contributed by atoms with Crippen molar-refractivity contribution in [1.29, 1.82) is 0 Å².